The Balaban J connectivity index is 1.57. The predicted octanol–water partition coefficient (Wildman–Crippen LogP) is 4.73. The average Bonchev–Trinajstić information content (AvgIpc) is 3.31. The van der Waals surface area contributed by atoms with Crippen molar-refractivity contribution in [1.82, 2.24) is 10.2 Å². The van der Waals surface area contributed by atoms with E-state index in [1.54, 1.807) is 13.1 Å². The molecule has 2 heterocycles. The van der Waals surface area contributed by atoms with Crippen LogP contribution < -0.4 is 4.74 Å². The normalized spacial score (nSPS) is 23.0. The van der Waals surface area contributed by atoms with E-state index in [2.05, 4.69) is 10.2 Å². The minimum atomic E-state index is -0.349. The molecule has 0 radical (unpaired) electrons. The summed E-state index contributed by atoms with van der Waals surface area (Å²) < 4.78 is 12.2. The molecule has 1 fully saturated rings. The van der Waals surface area contributed by atoms with Crippen LogP contribution in [0.5, 0.6) is 5.75 Å². The molecule has 1 N–H and O–H groups in total. The van der Waals surface area contributed by atoms with Crippen LogP contribution in [-0.2, 0) is 4.74 Å². The van der Waals surface area contributed by atoms with Gasteiger partial charge >= 0.3 is 0 Å². The quantitative estimate of drug-likeness (QED) is 0.584. The molecule has 1 saturated heterocycles. The molecule has 1 aromatic carbocycles. The molecule has 1 aliphatic carbocycles. The van der Waals surface area contributed by atoms with Crippen molar-refractivity contribution in [2.75, 3.05) is 6.61 Å². The van der Waals surface area contributed by atoms with E-state index >= 15 is 0 Å². The zero-order chi connectivity index (χ0) is 20.8. The predicted molar refractivity (Wildman–Crippen MR) is 109 cm³/mol. The molecule has 7 nitrogen and oxygen atoms in total. The highest BCUT2D eigenvalue weighted by Gasteiger charge is 2.50. The maximum Gasteiger partial charge on any atom is 0.256 e. The largest absolute Gasteiger partial charge is 0.493 e. The first-order valence-corrected chi connectivity index (χ1v) is 9.75. The Bertz CT molecular complexity index is 988. The van der Waals surface area contributed by atoms with E-state index in [0.29, 0.717) is 11.3 Å². The number of fused-ring (bicyclic) bond motifs is 1. The van der Waals surface area contributed by atoms with Crippen LogP contribution in [0.15, 0.2) is 59.1 Å². The minimum Gasteiger partial charge on any atom is -0.493 e. The van der Waals surface area contributed by atoms with Crippen LogP contribution in [0.4, 0.5) is 0 Å². The third-order valence-electron chi connectivity index (χ3n) is 5.88. The number of benzene rings is 1. The molecule has 0 spiro atoms. The van der Waals surface area contributed by atoms with Crippen molar-refractivity contribution in [2.45, 2.75) is 39.7 Å². The molecule has 0 saturated carbocycles. The number of rotatable bonds is 5. The van der Waals surface area contributed by atoms with Crippen LogP contribution >= 0.6 is 0 Å². The lowest BCUT2D eigenvalue weighted by Gasteiger charge is -2.27. The molecule has 2 unspecified atom stereocenters. The van der Waals surface area contributed by atoms with Crippen LogP contribution in [0.2, 0.25) is 0 Å². The number of nitro groups is 1. The van der Waals surface area contributed by atoms with E-state index in [9.17, 15) is 10.1 Å². The second-order valence-corrected chi connectivity index (χ2v) is 8.34. The van der Waals surface area contributed by atoms with Crippen LogP contribution in [0.3, 0.4) is 0 Å². The summed E-state index contributed by atoms with van der Waals surface area (Å²) in [6, 6.07) is 9.52. The summed E-state index contributed by atoms with van der Waals surface area (Å²) in [5, 5.41) is 18.8. The summed E-state index contributed by atoms with van der Waals surface area (Å²) in [6.45, 7) is 8.00. The first-order chi connectivity index (χ1) is 13.8. The molecule has 0 bridgehead atoms. The van der Waals surface area contributed by atoms with Gasteiger partial charge in [-0.15, -0.1) is 0 Å². The van der Waals surface area contributed by atoms with Crippen molar-refractivity contribution in [1.29, 1.82) is 0 Å². The van der Waals surface area contributed by atoms with Crippen molar-refractivity contribution in [3.63, 3.8) is 0 Å². The average molecular weight is 395 g/mol. The fraction of sp³-hybridized carbons (Fsp3) is 0.409. The molecular formula is C22H25N3O4. The topological polar surface area (TPSA) is 90.3 Å². The molecule has 0 amide bonds. The number of hydrogen-bond acceptors (Lipinski definition) is 5. The lowest BCUT2D eigenvalue weighted by Crippen LogP contribution is -2.31. The number of H-pyrrole nitrogens is 1. The number of allylic oxidation sites excluding steroid dienone is 3. The van der Waals surface area contributed by atoms with Crippen molar-refractivity contribution in [3.05, 3.63) is 69.2 Å². The molecule has 2 aliphatic rings. The van der Waals surface area contributed by atoms with Gasteiger partial charge in [0.15, 0.2) is 0 Å². The van der Waals surface area contributed by atoms with Gasteiger partial charge in [-0.3, -0.25) is 15.2 Å². The fourth-order valence-corrected chi connectivity index (χ4v) is 4.36. The van der Waals surface area contributed by atoms with Crippen molar-refractivity contribution >= 4 is 0 Å². The van der Waals surface area contributed by atoms with E-state index in [0.717, 1.165) is 29.0 Å². The lowest BCUT2D eigenvalue weighted by molar-refractivity contribution is -0.437. The van der Waals surface area contributed by atoms with E-state index in [4.69, 9.17) is 9.47 Å². The Morgan fingerprint density at radius 2 is 1.97 bits per heavy atom. The minimum absolute atomic E-state index is 0.0432. The fourth-order valence-electron chi connectivity index (χ4n) is 4.36. The highest BCUT2D eigenvalue weighted by molar-refractivity contribution is 5.59. The van der Waals surface area contributed by atoms with Gasteiger partial charge in [-0.1, -0.05) is 0 Å². The number of aromatic nitrogens is 2. The highest BCUT2D eigenvalue weighted by Crippen LogP contribution is 2.49. The van der Waals surface area contributed by atoms with Gasteiger partial charge in [-0.25, -0.2) is 0 Å². The van der Waals surface area contributed by atoms with Crippen LogP contribution in [-0.4, -0.2) is 27.3 Å². The second kappa shape index (κ2) is 7.06. The van der Waals surface area contributed by atoms with Crippen molar-refractivity contribution in [3.8, 4) is 17.0 Å². The van der Waals surface area contributed by atoms with Crippen molar-refractivity contribution in [2.24, 2.45) is 11.8 Å². The van der Waals surface area contributed by atoms with Crippen LogP contribution in [0.25, 0.3) is 11.3 Å². The maximum atomic E-state index is 11.9. The summed E-state index contributed by atoms with van der Waals surface area (Å²) in [6.07, 6.45) is 2.44. The summed E-state index contributed by atoms with van der Waals surface area (Å²) in [5.74, 6) is 1.16. The first kappa shape index (κ1) is 19.2. The number of nitrogens with zero attached hydrogens (tertiary/aromatic N) is 2. The number of hydrogen-bond donors (Lipinski definition) is 1. The SMILES string of the molecule is CC1=C2OC(C)(C)CC2C(COc2ccc(-c3ccn[nH]3)cc2)C([N+](=O)[O-])=C1C. The smallest absolute Gasteiger partial charge is 0.256 e. The van der Waals surface area contributed by atoms with Gasteiger partial charge in [-0.2, -0.15) is 5.10 Å². The third kappa shape index (κ3) is 3.52. The van der Waals surface area contributed by atoms with E-state index in [-0.39, 0.29) is 34.7 Å². The standard InChI is InChI=1S/C22H25N3O4/c1-13-14(2)21-17(11-22(3,4)29-21)18(20(13)25(26)27)12-28-16-7-5-15(6-8-16)19-9-10-23-24-19/h5-10,17-18H,11-12H2,1-4H3,(H,23,24). The Labute approximate surface area is 169 Å². The van der Waals surface area contributed by atoms with E-state index in [1.807, 2.05) is 51.1 Å². The highest BCUT2D eigenvalue weighted by atomic mass is 16.6. The Hall–Kier alpha value is -3.09. The Morgan fingerprint density at radius 1 is 1.24 bits per heavy atom. The molecule has 152 valence electrons. The monoisotopic (exact) mass is 395 g/mol. The Morgan fingerprint density at radius 3 is 2.59 bits per heavy atom. The first-order valence-electron chi connectivity index (χ1n) is 9.75. The molecule has 7 heteroatoms. The molecule has 2 atom stereocenters. The molecule has 1 aliphatic heterocycles. The van der Waals surface area contributed by atoms with Crippen LogP contribution in [0.1, 0.15) is 34.1 Å². The zero-order valence-corrected chi connectivity index (χ0v) is 17.1. The van der Waals surface area contributed by atoms with Gasteiger partial charge in [-0.05, 0) is 75.6 Å². The summed E-state index contributed by atoms with van der Waals surface area (Å²) in [7, 11) is 0. The van der Waals surface area contributed by atoms with Gasteiger partial charge in [0.2, 0.25) is 0 Å². The van der Waals surface area contributed by atoms with Crippen LogP contribution in [0, 0.1) is 22.0 Å². The summed E-state index contributed by atoms with van der Waals surface area (Å²) in [5.41, 5.74) is 3.40. The summed E-state index contributed by atoms with van der Waals surface area (Å²) in [4.78, 5) is 11.6. The zero-order valence-electron chi connectivity index (χ0n) is 17.1. The third-order valence-corrected chi connectivity index (χ3v) is 5.88. The molecule has 1 aromatic heterocycles. The second-order valence-electron chi connectivity index (χ2n) is 8.34. The van der Waals surface area contributed by atoms with Gasteiger partial charge in [0, 0.05) is 17.7 Å². The van der Waals surface area contributed by atoms with E-state index in [1.165, 1.54) is 0 Å². The Kier molecular flexibility index (Phi) is 4.68. The molecule has 4 rings (SSSR count). The van der Waals surface area contributed by atoms with Gasteiger partial charge in [0.25, 0.3) is 5.70 Å². The summed E-state index contributed by atoms with van der Waals surface area (Å²) >= 11 is 0. The van der Waals surface area contributed by atoms with Gasteiger partial charge in [0.1, 0.15) is 23.7 Å². The lowest BCUT2D eigenvalue weighted by atomic mass is 9.77. The maximum absolute atomic E-state index is 11.9. The molecular weight excluding hydrogens is 370 g/mol. The number of nitrogens with one attached hydrogen (secondary N) is 1. The number of ether oxygens (including phenoxy) is 2. The van der Waals surface area contributed by atoms with Gasteiger partial charge in [0.05, 0.1) is 16.5 Å². The molecule has 2 aromatic rings. The van der Waals surface area contributed by atoms with E-state index < -0.39 is 0 Å². The molecule has 29 heavy (non-hydrogen) atoms. The van der Waals surface area contributed by atoms with Crippen molar-refractivity contribution < 1.29 is 14.4 Å². The number of aromatic amines is 1. The van der Waals surface area contributed by atoms with Gasteiger partial charge < -0.3 is 9.47 Å².